The van der Waals surface area contributed by atoms with Gasteiger partial charge >= 0.3 is 0 Å². The van der Waals surface area contributed by atoms with E-state index >= 15 is 0 Å². The number of aromatic nitrogens is 2. The predicted molar refractivity (Wildman–Crippen MR) is 88.3 cm³/mol. The van der Waals surface area contributed by atoms with Gasteiger partial charge in [-0.1, -0.05) is 30.3 Å². The van der Waals surface area contributed by atoms with Gasteiger partial charge < -0.3 is 15.5 Å². The summed E-state index contributed by atoms with van der Waals surface area (Å²) in [4.78, 5) is 13.2. The van der Waals surface area contributed by atoms with E-state index in [4.69, 9.17) is 5.73 Å². The van der Waals surface area contributed by atoms with Crippen LogP contribution in [-0.4, -0.2) is 49.1 Å². The molecule has 1 heterocycles. The Hall–Kier alpha value is -2.14. The van der Waals surface area contributed by atoms with E-state index in [-0.39, 0.29) is 0 Å². The number of nitrogen functional groups attached to an aromatic ring is 1. The van der Waals surface area contributed by atoms with Crippen molar-refractivity contribution in [3.63, 3.8) is 0 Å². The molecule has 0 spiro atoms. The highest BCUT2D eigenvalue weighted by Crippen LogP contribution is 2.20. The highest BCUT2D eigenvalue weighted by molar-refractivity contribution is 5.60. The zero-order valence-corrected chi connectivity index (χ0v) is 13.0. The Morgan fingerprint density at radius 3 is 2.38 bits per heavy atom. The van der Waals surface area contributed by atoms with Crippen LogP contribution < -0.4 is 10.6 Å². The Bertz CT molecular complexity index is 568. The molecule has 5 nitrogen and oxygen atoms in total. The van der Waals surface area contributed by atoms with E-state index in [1.54, 1.807) is 0 Å². The van der Waals surface area contributed by atoms with Crippen molar-refractivity contribution in [1.82, 2.24) is 14.9 Å². The van der Waals surface area contributed by atoms with Crippen LogP contribution in [0.3, 0.4) is 0 Å². The summed E-state index contributed by atoms with van der Waals surface area (Å²) in [6, 6.07) is 11.7. The first-order valence-electron chi connectivity index (χ1n) is 7.12. The average Bonchev–Trinajstić information content (AvgIpc) is 2.47. The second-order valence-electron chi connectivity index (χ2n) is 5.42. The number of hydrogen-bond acceptors (Lipinski definition) is 5. The zero-order chi connectivity index (χ0) is 15.2. The quantitative estimate of drug-likeness (QED) is 0.881. The number of nitrogens with zero attached hydrogens (tertiary/aromatic N) is 4. The summed E-state index contributed by atoms with van der Waals surface area (Å²) < 4.78 is 0. The first-order chi connectivity index (χ1) is 10.1. The molecular weight excluding hydrogens is 262 g/mol. The Morgan fingerprint density at radius 1 is 1.00 bits per heavy atom. The Kier molecular flexibility index (Phi) is 5.11. The SMILES string of the molecule is CN(C)CCCN(C)c1cc(N)nc(-c2ccccc2)n1. The van der Waals surface area contributed by atoms with Crippen LogP contribution in [0.15, 0.2) is 36.4 Å². The maximum Gasteiger partial charge on any atom is 0.163 e. The minimum absolute atomic E-state index is 0.498. The molecule has 0 fully saturated rings. The van der Waals surface area contributed by atoms with Crippen molar-refractivity contribution in [1.29, 1.82) is 0 Å². The topological polar surface area (TPSA) is 58.3 Å². The summed E-state index contributed by atoms with van der Waals surface area (Å²) in [6.07, 6.45) is 1.08. The van der Waals surface area contributed by atoms with Gasteiger partial charge in [0.15, 0.2) is 5.82 Å². The second kappa shape index (κ2) is 7.04. The van der Waals surface area contributed by atoms with Crippen LogP contribution >= 0.6 is 0 Å². The van der Waals surface area contributed by atoms with E-state index < -0.39 is 0 Å². The highest BCUT2D eigenvalue weighted by Gasteiger charge is 2.08. The highest BCUT2D eigenvalue weighted by atomic mass is 15.2. The monoisotopic (exact) mass is 285 g/mol. The summed E-state index contributed by atoms with van der Waals surface area (Å²) in [5.74, 6) is 2.03. The third kappa shape index (κ3) is 4.43. The van der Waals surface area contributed by atoms with Gasteiger partial charge in [-0.25, -0.2) is 9.97 Å². The lowest BCUT2D eigenvalue weighted by molar-refractivity contribution is 0.401. The first-order valence-corrected chi connectivity index (χ1v) is 7.12. The van der Waals surface area contributed by atoms with Gasteiger partial charge in [-0.3, -0.25) is 0 Å². The maximum absolute atomic E-state index is 5.93. The van der Waals surface area contributed by atoms with E-state index in [1.165, 1.54) is 0 Å². The summed E-state index contributed by atoms with van der Waals surface area (Å²) in [7, 11) is 6.19. The van der Waals surface area contributed by atoms with Crippen LogP contribution in [0.2, 0.25) is 0 Å². The smallest absolute Gasteiger partial charge is 0.163 e. The summed E-state index contributed by atoms with van der Waals surface area (Å²) >= 11 is 0. The molecule has 2 rings (SSSR count). The van der Waals surface area contributed by atoms with E-state index in [2.05, 4.69) is 33.9 Å². The van der Waals surface area contributed by atoms with E-state index in [0.717, 1.165) is 30.9 Å². The van der Waals surface area contributed by atoms with Crippen LogP contribution in [0.1, 0.15) is 6.42 Å². The number of nitrogens with two attached hydrogens (primary N) is 1. The lowest BCUT2D eigenvalue weighted by Gasteiger charge is -2.20. The molecular formula is C16H23N5. The van der Waals surface area contributed by atoms with Crippen molar-refractivity contribution in [3.8, 4) is 11.4 Å². The van der Waals surface area contributed by atoms with E-state index in [0.29, 0.717) is 11.6 Å². The zero-order valence-electron chi connectivity index (χ0n) is 13.0. The fraction of sp³-hybridized carbons (Fsp3) is 0.375. The number of rotatable bonds is 6. The predicted octanol–water partition coefficient (Wildman–Crippen LogP) is 2.11. The lowest BCUT2D eigenvalue weighted by atomic mass is 10.2. The molecule has 0 aliphatic rings. The summed E-state index contributed by atoms with van der Waals surface area (Å²) in [5.41, 5.74) is 6.90. The molecule has 112 valence electrons. The molecule has 0 bridgehead atoms. The van der Waals surface area contributed by atoms with Crippen LogP contribution in [-0.2, 0) is 0 Å². The minimum Gasteiger partial charge on any atom is -0.384 e. The van der Waals surface area contributed by atoms with E-state index in [1.807, 2.05) is 43.4 Å². The molecule has 1 aromatic carbocycles. The van der Waals surface area contributed by atoms with Crippen LogP contribution in [0.25, 0.3) is 11.4 Å². The average molecular weight is 285 g/mol. The molecule has 0 atom stereocenters. The van der Waals surface area contributed by atoms with Gasteiger partial charge in [0.25, 0.3) is 0 Å². The van der Waals surface area contributed by atoms with Gasteiger partial charge in [-0.05, 0) is 27.1 Å². The fourth-order valence-corrected chi connectivity index (χ4v) is 2.10. The maximum atomic E-state index is 5.93. The summed E-state index contributed by atoms with van der Waals surface area (Å²) in [6.45, 7) is 1.99. The third-order valence-corrected chi connectivity index (χ3v) is 3.25. The van der Waals surface area contributed by atoms with Crippen molar-refractivity contribution in [2.75, 3.05) is 44.9 Å². The second-order valence-corrected chi connectivity index (χ2v) is 5.42. The Morgan fingerprint density at radius 2 is 1.71 bits per heavy atom. The number of hydrogen-bond donors (Lipinski definition) is 1. The molecule has 0 aliphatic carbocycles. The fourth-order valence-electron chi connectivity index (χ4n) is 2.10. The molecule has 2 N–H and O–H groups in total. The number of benzene rings is 1. The molecule has 0 saturated carbocycles. The number of anilines is 2. The van der Waals surface area contributed by atoms with Crippen molar-refractivity contribution < 1.29 is 0 Å². The molecule has 0 radical (unpaired) electrons. The molecule has 0 amide bonds. The largest absolute Gasteiger partial charge is 0.384 e. The first kappa shape index (κ1) is 15.3. The lowest BCUT2D eigenvalue weighted by Crippen LogP contribution is -2.24. The third-order valence-electron chi connectivity index (χ3n) is 3.25. The van der Waals surface area contributed by atoms with Gasteiger partial charge in [-0.2, -0.15) is 0 Å². The van der Waals surface area contributed by atoms with Crippen LogP contribution in [0.4, 0.5) is 11.6 Å². The van der Waals surface area contributed by atoms with E-state index in [9.17, 15) is 0 Å². The molecule has 0 unspecified atom stereocenters. The minimum atomic E-state index is 0.498. The van der Waals surface area contributed by atoms with Crippen LogP contribution in [0.5, 0.6) is 0 Å². The molecule has 0 aliphatic heterocycles. The Labute approximate surface area is 126 Å². The molecule has 21 heavy (non-hydrogen) atoms. The molecule has 5 heteroatoms. The van der Waals surface area contributed by atoms with Gasteiger partial charge in [0, 0.05) is 25.2 Å². The van der Waals surface area contributed by atoms with Gasteiger partial charge in [-0.15, -0.1) is 0 Å². The molecule has 0 saturated heterocycles. The van der Waals surface area contributed by atoms with Crippen molar-refractivity contribution in [2.24, 2.45) is 0 Å². The van der Waals surface area contributed by atoms with Crippen molar-refractivity contribution in [2.45, 2.75) is 6.42 Å². The standard InChI is InChI=1S/C16H23N5/c1-20(2)10-7-11-21(3)15-12-14(17)18-16(19-15)13-8-5-4-6-9-13/h4-6,8-9,12H,7,10-11H2,1-3H3,(H2,17,18,19). The molecule has 1 aromatic heterocycles. The van der Waals surface area contributed by atoms with Gasteiger partial charge in [0.2, 0.25) is 0 Å². The van der Waals surface area contributed by atoms with Gasteiger partial charge in [0.1, 0.15) is 11.6 Å². The molecule has 2 aromatic rings. The van der Waals surface area contributed by atoms with Crippen molar-refractivity contribution in [3.05, 3.63) is 36.4 Å². The summed E-state index contributed by atoms with van der Waals surface area (Å²) in [5, 5.41) is 0. The van der Waals surface area contributed by atoms with Crippen LogP contribution in [0, 0.1) is 0 Å². The van der Waals surface area contributed by atoms with Gasteiger partial charge in [0.05, 0.1) is 0 Å². The Balaban J connectivity index is 2.15. The normalized spacial score (nSPS) is 10.9. The van der Waals surface area contributed by atoms with Crippen molar-refractivity contribution >= 4 is 11.6 Å².